The highest BCUT2D eigenvalue weighted by atomic mass is 16.5. The molecule has 0 amide bonds. The minimum absolute atomic E-state index is 0.200. The standard InChI is InChI=1S/C92H116N4O8/c1-17-21-25-29-65-69-41-74(90-77(85(69)97)45-93(50-102-90)81-57(9)33-53(5)34-58(81)10)67(31-27-23-19-3)71-43-76(92-79(87(71)99)47-95(52-104-92)83-61(13)37-55(7)38-62(83)14)68(32-28-24-20-4)72-44-75(91-80(88(72)100)48-96(51-103-91)84-63(15)39-56(8)40-64(84)16)66(30-26-22-18-2)70-42-73(65)89-78(86(70)98)46-94(49-101-89)82-59(11)35-54(6)36-60(82)12/h33-44,65-68,97-100H,17-32,45-52H2,1-16H3/t65-,66-,67-,68-/m0/s1. The maximum Gasteiger partial charge on any atom is 0.161 e. The van der Waals surface area contributed by atoms with Gasteiger partial charge in [-0.15, -0.1) is 0 Å². The number of fused-ring (bicyclic) bond motifs is 16. The fraction of sp³-hybridized carbons (Fsp3) is 0.478. The first kappa shape index (κ1) is 73.7. The van der Waals surface area contributed by atoms with Gasteiger partial charge in [0.1, 0.15) is 46.0 Å². The van der Waals surface area contributed by atoms with Crippen molar-refractivity contribution < 1.29 is 39.4 Å². The second kappa shape index (κ2) is 30.8. The van der Waals surface area contributed by atoms with E-state index in [-0.39, 0.29) is 49.9 Å². The van der Waals surface area contributed by atoms with E-state index in [0.29, 0.717) is 74.9 Å². The third-order valence-corrected chi connectivity index (χ3v) is 23.7. The van der Waals surface area contributed by atoms with E-state index in [2.05, 4.69) is 203 Å². The Labute approximate surface area is 621 Å². The number of hydrogen-bond donors (Lipinski definition) is 4. The maximum absolute atomic E-state index is 14.1. The van der Waals surface area contributed by atoms with Crippen molar-refractivity contribution in [2.75, 3.05) is 46.5 Å². The van der Waals surface area contributed by atoms with Crippen LogP contribution >= 0.6 is 0 Å². The molecule has 0 radical (unpaired) electrons. The average Bonchev–Trinajstić information content (AvgIpc) is 0.725. The van der Waals surface area contributed by atoms with Gasteiger partial charge in [-0.1, -0.05) is 176 Å². The van der Waals surface area contributed by atoms with Crippen LogP contribution in [-0.2, 0) is 26.2 Å². The van der Waals surface area contributed by atoms with Gasteiger partial charge < -0.3 is 59.0 Å². The van der Waals surface area contributed by atoms with Crippen molar-refractivity contribution in [2.45, 2.75) is 263 Å². The van der Waals surface area contributed by atoms with Crippen molar-refractivity contribution in [2.24, 2.45) is 0 Å². The molecular weight excluding hydrogens is 1290 g/mol. The molecule has 4 heterocycles. The van der Waals surface area contributed by atoms with Crippen LogP contribution in [0.2, 0.25) is 0 Å². The lowest BCUT2D eigenvalue weighted by molar-refractivity contribution is 0.274. The van der Waals surface area contributed by atoms with Gasteiger partial charge in [-0.2, -0.15) is 0 Å². The number of phenolic OH excluding ortho intramolecular Hbond substituents is 4. The summed E-state index contributed by atoms with van der Waals surface area (Å²) in [6.07, 6.45) is 14.0. The lowest BCUT2D eigenvalue weighted by Crippen LogP contribution is -2.35. The molecule has 0 aromatic heterocycles. The van der Waals surface area contributed by atoms with Crippen LogP contribution in [0.1, 0.15) is 288 Å². The Morgan fingerprint density at radius 3 is 0.625 bits per heavy atom. The second-order valence-electron chi connectivity index (χ2n) is 31.9. The van der Waals surface area contributed by atoms with Crippen molar-refractivity contribution in [3.05, 3.63) is 206 Å². The molecule has 1 aliphatic carbocycles. The summed E-state index contributed by atoms with van der Waals surface area (Å²) in [4.78, 5) is 9.17. The van der Waals surface area contributed by atoms with Crippen LogP contribution in [0, 0.1) is 83.1 Å². The number of aryl methyl sites for hydroxylation is 12. The van der Waals surface area contributed by atoms with Crippen molar-refractivity contribution in [1.82, 2.24) is 0 Å². The SMILES string of the molecule is CCCCC[C@H]1c2cc(c3c(c2O)CN(c2c(C)cc(C)cc2C)CO3)[C@@H](CCCCC)c2cc(c3c(c2O)CN(c2c(C)cc(C)cc2C)CO3)[C@@H](CCCCC)c2cc(c3c(c2O)CN(c2c(C)cc(C)cc2C)CO3)[C@@H](CCCCC)c2cc1c1c(c2O)CN(c2c(C)cc(C)cc2C)CO1. The first-order valence-electron chi connectivity index (χ1n) is 39.4. The summed E-state index contributed by atoms with van der Waals surface area (Å²) in [5.74, 6) is 1.64. The van der Waals surface area contributed by atoms with Gasteiger partial charge in [0.15, 0.2) is 26.9 Å². The molecule has 0 unspecified atom stereocenters. The summed E-state index contributed by atoms with van der Waals surface area (Å²) in [5, 5.41) is 56.3. The van der Waals surface area contributed by atoms with E-state index in [1.807, 2.05) is 0 Å². The molecule has 4 N–H and O–H groups in total. The van der Waals surface area contributed by atoms with Gasteiger partial charge in [0.2, 0.25) is 0 Å². The number of aromatic hydroxyl groups is 4. The molecule has 0 spiro atoms. The van der Waals surface area contributed by atoms with Gasteiger partial charge in [-0.25, -0.2) is 0 Å². The predicted molar refractivity (Wildman–Crippen MR) is 426 cm³/mol. The molecule has 552 valence electrons. The Kier molecular flexibility index (Phi) is 21.8. The van der Waals surface area contributed by atoms with Gasteiger partial charge in [0.25, 0.3) is 0 Å². The van der Waals surface area contributed by atoms with Crippen molar-refractivity contribution >= 4 is 22.7 Å². The smallest absolute Gasteiger partial charge is 0.161 e. The molecule has 104 heavy (non-hydrogen) atoms. The van der Waals surface area contributed by atoms with E-state index in [1.165, 1.54) is 22.3 Å². The van der Waals surface area contributed by atoms with Gasteiger partial charge in [-0.05, 0) is 178 Å². The molecule has 4 atom stereocenters. The maximum atomic E-state index is 14.1. The zero-order valence-electron chi connectivity index (χ0n) is 65.4. The van der Waals surface area contributed by atoms with Gasteiger partial charge in [-0.3, -0.25) is 0 Å². The highest BCUT2D eigenvalue weighted by molar-refractivity contribution is 5.74. The Bertz CT molecular complexity index is 3900. The zero-order chi connectivity index (χ0) is 73.7. The molecule has 12 heteroatoms. The molecule has 8 bridgehead atoms. The minimum Gasteiger partial charge on any atom is -0.507 e. The summed E-state index contributed by atoms with van der Waals surface area (Å²) in [5.41, 5.74) is 28.0. The molecular formula is C92H116N4O8. The normalized spacial score (nSPS) is 17.5. The number of rotatable bonds is 20. The molecule has 5 aliphatic rings. The van der Waals surface area contributed by atoms with Crippen LogP contribution in [0.25, 0.3) is 0 Å². The van der Waals surface area contributed by atoms with E-state index in [0.717, 1.165) is 211 Å². The fourth-order valence-electron chi connectivity index (χ4n) is 19.5. The summed E-state index contributed by atoms with van der Waals surface area (Å²) >= 11 is 0. The summed E-state index contributed by atoms with van der Waals surface area (Å²) in [7, 11) is 0. The molecule has 8 aromatic carbocycles. The molecule has 0 fully saturated rings. The monoisotopic (exact) mass is 1400 g/mol. The second-order valence-corrected chi connectivity index (χ2v) is 31.9. The van der Waals surface area contributed by atoms with E-state index in [4.69, 9.17) is 18.9 Å². The van der Waals surface area contributed by atoms with Crippen molar-refractivity contribution in [1.29, 1.82) is 0 Å². The van der Waals surface area contributed by atoms with E-state index in [1.54, 1.807) is 0 Å². The summed E-state index contributed by atoms with van der Waals surface area (Å²) < 4.78 is 29.6. The Morgan fingerprint density at radius 1 is 0.269 bits per heavy atom. The minimum atomic E-state index is -0.444. The number of anilines is 4. The highest BCUT2D eigenvalue weighted by Crippen LogP contribution is 2.59. The molecule has 0 saturated heterocycles. The Morgan fingerprint density at radius 2 is 0.452 bits per heavy atom. The lowest BCUT2D eigenvalue weighted by atomic mass is 9.74. The third kappa shape index (κ3) is 13.9. The first-order chi connectivity index (χ1) is 50.0. The van der Waals surface area contributed by atoms with Crippen LogP contribution in [0.15, 0.2) is 72.8 Å². The van der Waals surface area contributed by atoms with Crippen LogP contribution < -0.4 is 38.5 Å². The Balaban J connectivity index is 1.18. The number of unbranched alkanes of at least 4 members (excludes halogenated alkanes) is 8. The molecule has 8 aromatic rings. The van der Waals surface area contributed by atoms with E-state index >= 15 is 0 Å². The molecule has 12 nitrogen and oxygen atoms in total. The predicted octanol–water partition coefficient (Wildman–Crippen LogP) is 22.8. The largest absolute Gasteiger partial charge is 0.507 e. The zero-order valence-corrected chi connectivity index (χ0v) is 65.4. The highest BCUT2D eigenvalue weighted by Gasteiger charge is 2.42. The number of benzene rings is 8. The van der Waals surface area contributed by atoms with Gasteiger partial charge in [0.05, 0.1) is 48.4 Å². The number of nitrogens with zero attached hydrogens (tertiary/aromatic N) is 4. The number of ether oxygens (including phenoxy) is 4. The van der Waals surface area contributed by atoms with Gasteiger partial charge in [0, 0.05) is 90.9 Å². The molecule has 4 aliphatic heterocycles. The van der Waals surface area contributed by atoms with Crippen molar-refractivity contribution in [3.63, 3.8) is 0 Å². The average molecular weight is 1410 g/mol. The summed E-state index contributed by atoms with van der Waals surface area (Å²) in [6.45, 7) is 37.6. The summed E-state index contributed by atoms with van der Waals surface area (Å²) in [6, 6.07) is 27.0. The van der Waals surface area contributed by atoms with Gasteiger partial charge >= 0.3 is 0 Å². The van der Waals surface area contributed by atoms with E-state index in [9.17, 15) is 20.4 Å². The van der Waals surface area contributed by atoms with Crippen LogP contribution in [0.4, 0.5) is 22.7 Å². The van der Waals surface area contributed by atoms with Crippen LogP contribution in [0.5, 0.6) is 46.0 Å². The molecule has 0 saturated carbocycles. The van der Waals surface area contributed by atoms with Crippen molar-refractivity contribution in [3.8, 4) is 46.0 Å². The van der Waals surface area contributed by atoms with Crippen LogP contribution in [-0.4, -0.2) is 47.3 Å². The topological polar surface area (TPSA) is 131 Å². The Hall–Kier alpha value is -8.64. The number of phenols is 4. The first-order valence-corrected chi connectivity index (χ1v) is 39.4. The molecule has 13 rings (SSSR count). The van der Waals surface area contributed by atoms with E-state index < -0.39 is 23.7 Å². The van der Waals surface area contributed by atoms with Crippen LogP contribution in [0.3, 0.4) is 0 Å². The number of hydrogen-bond acceptors (Lipinski definition) is 12. The quantitative estimate of drug-likeness (QED) is 0.0542. The third-order valence-electron chi connectivity index (χ3n) is 23.7. The fourth-order valence-corrected chi connectivity index (χ4v) is 19.5. The lowest BCUT2D eigenvalue weighted by Gasteiger charge is -2.40.